The maximum absolute atomic E-state index is 13.4. The van der Waals surface area contributed by atoms with Crippen molar-refractivity contribution in [1.82, 2.24) is 14.8 Å². The Bertz CT molecular complexity index is 1490. The number of ether oxygens (including phenoxy) is 2. The highest BCUT2D eigenvalue weighted by Crippen LogP contribution is 2.39. The summed E-state index contributed by atoms with van der Waals surface area (Å²) in [6.07, 6.45) is 7.99. The Hall–Kier alpha value is -4.26. The van der Waals surface area contributed by atoms with Crippen LogP contribution in [0.4, 0.5) is 0 Å². The van der Waals surface area contributed by atoms with Gasteiger partial charge in [-0.3, -0.25) is 9.59 Å². The fourth-order valence-electron chi connectivity index (χ4n) is 5.63. The number of methoxy groups -OCH3 is 2. The predicted molar refractivity (Wildman–Crippen MR) is 179 cm³/mol. The molecule has 0 fully saturated rings. The Labute approximate surface area is 262 Å². The van der Waals surface area contributed by atoms with Gasteiger partial charge >= 0.3 is 0 Å². The zero-order chi connectivity index (χ0) is 31.3. The first-order valence-corrected chi connectivity index (χ1v) is 15.9. The SMILES string of the molecule is CCCCN(C)C(=O)CCCCCCCNC(=O)Cc1c(-c2ccc(OC)cc2)n(-c2ccccc2)c2ccc(OC)cc12. The molecular formula is C37H47N3O4. The van der Waals surface area contributed by atoms with Crippen LogP contribution >= 0.6 is 0 Å². The number of aromatic nitrogens is 1. The molecule has 7 heteroatoms. The minimum Gasteiger partial charge on any atom is -0.497 e. The van der Waals surface area contributed by atoms with Gasteiger partial charge < -0.3 is 24.3 Å². The van der Waals surface area contributed by atoms with Gasteiger partial charge in [0.05, 0.1) is 31.9 Å². The highest BCUT2D eigenvalue weighted by molar-refractivity contribution is 5.98. The van der Waals surface area contributed by atoms with Gasteiger partial charge in [0, 0.05) is 37.6 Å². The second kappa shape index (κ2) is 16.6. The normalized spacial score (nSPS) is 11.0. The van der Waals surface area contributed by atoms with Crippen molar-refractivity contribution in [2.45, 2.75) is 64.7 Å². The minimum atomic E-state index is -0.00425. The van der Waals surface area contributed by atoms with E-state index in [1.807, 2.05) is 66.5 Å². The number of hydrogen-bond acceptors (Lipinski definition) is 4. The number of benzene rings is 3. The lowest BCUT2D eigenvalue weighted by Crippen LogP contribution is -2.27. The van der Waals surface area contributed by atoms with Gasteiger partial charge in [-0.05, 0) is 85.0 Å². The largest absolute Gasteiger partial charge is 0.497 e. The van der Waals surface area contributed by atoms with Crippen molar-refractivity contribution in [3.8, 4) is 28.4 Å². The lowest BCUT2D eigenvalue weighted by Gasteiger charge is -2.16. The van der Waals surface area contributed by atoms with Crippen LogP contribution in [0.3, 0.4) is 0 Å². The molecule has 44 heavy (non-hydrogen) atoms. The summed E-state index contributed by atoms with van der Waals surface area (Å²) in [5.41, 5.74) is 4.98. The predicted octanol–water partition coefficient (Wildman–Crippen LogP) is 7.57. The molecule has 2 amide bonds. The van der Waals surface area contributed by atoms with Gasteiger partial charge in [-0.2, -0.15) is 0 Å². The number of hydrogen-bond donors (Lipinski definition) is 1. The minimum absolute atomic E-state index is 0.00425. The number of amides is 2. The third kappa shape index (κ3) is 8.43. The molecule has 0 atom stereocenters. The summed E-state index contributed by atoms with van der Waals surface area (Å²) in [7, 11) is 5.22. The standard InChI is InChI=1S/C37H47N3O4/c1-5-6-25-39(2)36(42)17-13-8-7-9-14-24-38-35(41)27-33-32-26-31(44-4)22-23-34(32)40(29-15-11-10-12-16-29)37(33)28-18-20-30(43-3)21-19-28/h10-12,15-16,18-23,26H,5-9,13-14,17,24-25,27H2,1-4H3,(H,38,41). The number of para-hydroxylation sites is 1. The van der Waals surface area contributed by atoms with Gasteiger partial charge in [0.1, 0.15) is 11.5 Å². The molecule has 4 aromatic rings. The molecule has 0 radical (unpaired) electrons. The van der Waals surface area contributed by atoms with Gasteiger partial charge in [-0.25, -0.2) is 0 Å². The van der Waals surface area contributed by atoms with E-state index in [4.69, 9.17) is 9.47 Å². The van der Waals surface area contributed by atoms with E-state index in [1.54, 1.807) is 14.2 Å². The van der Waals surface area contributed by atoms with Crippen molar-refractivity contribution in [3.63, 3.8) is 0 Å². The molecule has 0 spiro atoms. The first-order chi connectivity index (χ1) is 21.5. The first-order valence-electron chi connectivity index (χ1n) is 15.9. The summed E-state index contributed by atoms with van der Waals surface area (Å²) in [5.74, 6) is 1.77. The Morgan fingerprint density at radius 2 is 1.50 bits per heavy atom. The number of carbonyl (C=O) groups excluding carboxylic acids is 2. The zero-order valence-corrected chi connectivity index (χ0v) is 26.7. The van der Waals surface area contributed by atoms with Crippen LogP contribution in [0.2, 0.25) is 0 Å². The Balaban J connectivity index is 1.44. The summed E-state index contributed by atoms with van der Waals surface area (Å²) in [4.78, 5) is 27.4. The number of rotatable bonds is 17. The molecule has 0 saturated heterocycles. The number of unbranched alkanes of at least 4 members (excludes halogenated alkanes) is 5. The maximum Gasteiger partial charge on any atom is 0.224 e. The van der Waals surface area contributed by atoms with Crippen molar-refractivity contribution in [1.29, 1.82) is 0 Å². The van der Waals surface area contributed by atoms with E-state index < -0.39 is 0 Å². The third-order valence-electron chi connectivity index (χ3n) is 8.16. The van der Waals surface area contributed by atoms with Gasteiger partial charge in [0.2, 0.25) is 11.8 Å². The molecule has 4 rings (SSSR count). The molecule has 234 valence electrons. The molecule has 0 aliphatic rings. The zero-order valence-electron chi connectivity index (χ0n) is 26.7. The van der Waals surface area contributed by atoms with Gasteiger partial charge in [0.25, 0.3) is 0 Å². The number of nitrogens with zero attached hydrogens (tertiary/aromatic N) is 2. The quantitative estimate of drug-likeness (QED) is 0.127. The van der Waals surface area contributed by atoms with Crippen LogP contribution in [0.25, 0.3) is 27.8 Å². The van der Waals surface area contributed by atoms with Crippen molar-refractivity contribution in [2.24, 2.45) is 0 Å². The average Bonchev–Trinajstić information content (AvgIpc) is 3.37. The van der Waals surface area contributed by atoms with Gasteiger partial charge in [-0.15, -0.1) is 0 Å². The summed E-state index contributed by atoms with van der Waals surface area (Å²) in [6, 6.07) is 24.3. The fourth-order valence-corrected chi connectivity index (χ4v) is 5.63. The van der Waals surface area contributed by atoms with E-state index in [0.717, 1.165) is 96.4 Å². The molecule has 1 heterocycles. The summed E-state index contributed by atoms with van der Waals surface area (Å²) < 4.78 is 13.2. The van der Waals surface area contributed by atoms with Crippen molar-refractivity contribution in [2.75, 3.05) is 34.4 Å². The molecule has 0 aliphatic heterocycles. The van der Waals surface area contributed by atoms with Gasteiger partial charge in [0.15, 0.2) is 0 Å². The van der Waals surface area contributed by atoms with Crippen LogP contribution in [0.1, 0.15) is 63.9 Å². The second-order valence-corrected chi connectivity index (χ2v) is 11.3. The highest BCUT2D eigenvalue weighted by Gasteiger charge is 2.22. The molecule has 0 aliphatic carbocycles. The van der Waals surface area contributed by atoms with Crippen LogP contribution in [0.15, 0.2) is 72.8 Å². The smallest absolute Gasteiger partial charge is 0.224 e. The van der Waals surface area contributed by atoms with Crippen LogP contribution < -0.4 is 14.8 Å². The molecule has 1 aromatic heterocycles. The van der Waals surface area contributed by atoms with Crippen LogP contribution in [-0.4, -0.2) is 55.6 Å². The van der Waals surface area contributed by atoms with E-state index in [-0.39, 0.29) is 18.2 Å². The molecule has 0 unspecified atom stereocenters. The van der Waals surface area contributed by atoms with E-state index in [2.05, 4.69) is 35.0 Å². The Morgan fingerprint density at radius 1 is 0.818 bits per heavy atom. The van der Waals surface area contributed by atoms with E-state index in [0.29, 0.717) is 13.0 Å². The lowest BCUT2D eigenvalue weighted by atomic mass is 10.0. The van der Waals surface area contributed by atoms with E-state index in [9.17, 15) is 9.59 Å². The third-order valence-corrected chi connectivity index (χ3v) is 8.16. The van der Waals surface area contributed by atoms with E-state index >= 15 is 0 Å². The van der Waals surface area contributed by atoms with Crippen LogP contribution in [0.5, 0.6) is 11.5 Å². The summed E-state index contributed by atoms with van der Waals surface area (Å²) in [6.45, 7) is 3.62. The fraction of sp³-hybridized carbons (Fsp3) is 0.405. The Kier molecular flexibility index (Phi) is 12.3. The molecule has 3 aromatic carbocycles. The maximum atomic E-state index is 13.4. The summed E-state index contributed by atoms with van der Waals surface area (Å²) >= 11 is 0. The van der Waals surface area contributed by atoms with Crippen LogP contribution in [-0.2, 0) is 16.0 Å². The number of fused-ring (bicyclic) bond motifs is 1. The van der Waals surface area contributed by atoms with Crippen molar-refractivity contribution < 1.29 is 19.1 Å². The van der Waals surface area contributed by atoms with E-state index in [1.165, 1.54) is 0 Å². The lowest BCUT2D eigenvalue weighted by molar-refractivity contribution is -0.130. The average molecular weight is 598 g/mol. The molecule has 1 N–H and O–H groups in total. The highest BCUT2D eigenvalue weighted by atomic mass is 16.5. The topological polar surface area (TPSA) is 72.8 Å². The molecular weight excluding hydrogens is 550 g/mol. The first kappa shape index (κ1) is 32.6. The molecule has 7 nitrogen and oxygen atoms in total. The van der Waals surface area contributed by atoms with Crippen molar-refractivity contribution >= 4 is 22.7 Å². The number of nitrogens with one attached hydrogen (secondary N) is 1. The Morgan fingerprint density at radius 3 is 2.20 bits per heavy atom. The monoisotopic (exact) mass is 597 g/mol. The number of carbonyl (C=O) groups is 2. The second-order valence-electron chi connectivity index (χ2n) is 11.3. The molecule has 0 saturated carbocycles. The van der Waals surface area contributed by atoms with Crippen LogP contribution in [0, 0.1) is 0 Å². The van der Waals surface area contributed by atoms with Crippen molar-refractivity contribution in [3.05, 3.63) is 78.4 Å². The van der Waals surface area contributed by atoms with Gasteiger partial charge in [-0.1, -0.05) is 50.8 Å². The summed E-state index contributed by atoms with van der Waals surface area (Å²) in [5, 5.41) is 4.14. The molecule has 0 bridgehead atoms.